The second-order valence-corrected chi connectivity index (χ2v) is 3.06. The molecule has 1 aromatic rings. The van der Waals surface area contributed by atoms with Crippen molar-refractivity contribution in [3.8, 4) is 0 Å². The Bertz CT molecular complexity index is 377. The van der Waals surface area contributed by atoms with Gasteiger partial charge in [0.1, 0.15) is 0 Å². The topological polar surface area (TPSA) is 29.4 Å². The summed E-state index contributed by atoms with van der Waals surface area (Å²) in [6, 6.07) is 5.30. The summed E-state index contributed by atoms with van der Waals surface area (Å²) in [7, 11) is 0. The maximum absolute atomic E-state index is 12.3. The number of isocyanates is 1. The molecule has 0 N–H and O–H groups in total. The van der Waals surface area contributed by atoms with E-state index >= 15 is 0 Å². The minimum Gasteiger partial charge on any atom is -0.211 e. The van der Waals surface area contributed by atoms with Gasteiger partial charge in [-0.05, 0) is 24.6 Å². The molecule has 1 aromatic carbocycles. The Morgan fingerprint density at radius 2 is 1.80 bits per heavy atom. The Morgan fingerprint density at radius 1 is 1.27 bits per heavy atom. The van der Waals surface area contributed by atoms with Crippen molar-refractivity contribution in [3.05, 3.63) is 29.8 Å². The summed E-state index contributed by atoms with van der Waals surface area (Å²) < 4.78 is 36.9. The molecular formula is C10H8F3NO. The molecular weight excluding hydrogens is 207 g/mol. The number of carbonyl (C=O) groups excluding carboxylic acids is 1. The summed E-state index contributed by atoms with van der Waals surface area (Å²) in [5, 5.41) is 0. The van der Waals surface area contributed by atoms with Gasteiger partial charge in [0.2, 0.25) is 6.08 Å². The highest BCUT2D eigenvalue weighted by atomic mass is 19.4. The number of halogens is 3. The fourth-order valence-electron chi connectivity index (χ4n) is 1.08. The van der Waals surface area contributed by atoms with Crippen LogP contribution in [0.25, 0.3) is 0 Å². The minimum atomic E-state index is -4.25. The van der Waals surface area contributed by atoms with Gasteiger partial charge in [0.15, 0.2) is 0 Å². The lowest BCUT2D eigenvalue weighted by Crippen LogP contribution is -2.17. The Kier molecular flexibility index (Phi) is 3.27. The molecule has 5 heteroatoms. The molecule has 1 unspecified atom stereocenters. The summed E-state index contributed by atoms with van der Waals surface area (Å²) in [4.78, 5) is 13.2. The monoisotopic (exact) mass is 215 g/mol. The van der Waals surface area contributed by atoms with E-state index in [0.29, 0.717) is 5.69 Å². The van der Waals surface area contributed by atoms with E-state index in [2.05, 4.69) is 4.99 Å². The first-order valence-electron chi connectivity index (χ1n) is 4.19. The zero-order valence-electron chi connectivity index (χ0n) is 7.88. The summed E-state index contributed by atoms with van der Waals surface area (Å²) in [5.74, 6) is -1.52. The average molecular weight is 215 g/mol. The maximum atomic E-state index is 12.3. The van der Waals surface area contributed by atoms with E-state index in [1.807, 2.05) is 0 Å². The van der Waals surface area contributed by atoms with Crippen molar-refractivity contribution in [2.45, 2.75) is 19.0 Å². The summed E-state index contributed by atoms with van der Waals surface area (Å²) >= 11 is 0. The molecule has 0 saturated heterocycles. The highest BCUT2D eigenvalue weighted by molar-refractivity contribution is 5.49. The molecule has 0 fully saturated rings. The normalized spacial score (nSPS) is 13.1. The third-order valence-electron chi connectivity index (χ3n) is 2.06. The standard InChI is InChI=1S/C10H8F3NO/c1-7(10(11,12)13)8-2-4-9(5-3-8)14-6-15/h2-5,7H,1H3. The van der Waals surface area contributed by atoms with Crippen molar-refractivity contribution in [2.24, 2.45) is 4.99 Å². The lowest BCUT2D eigenvalue weighted by Gasteiger charge is -2.15. The fraction of sp³-hybridized carbons (Fsp3) is 0.300. The van der Waals surface area contributed by atoms with Crippen molar-refractivity contribution < 1.29 is 18.0 Å². The van der Waals surface area contributed by atoms with Gasteiger partial charge in [-0.1, -0.05) is 12.1 Å². The Labute approximate surface area is 84.4 Å². The predicted molar refractivity (Wildman–Crippen MR) is 48.7 cm³/mol. The van der Waals surface area contributed by atoms with Crippen LogP contribution in [0, 0.1) is 0 Å². The van der Waals surface area contributed by atoms with E-state index in [-0.39, 0.29) is 5.56 Å². The molecule has 0 aliphatic heterocycles. The highest BCUT2D eigenvalue weighted by Gasteiger charge is 2.36. The SMILES string of the molecule is CC(c1ccc(N=C=O)cc1)C(F)(F)F. The molecule has 0 aliphatic carbocycles. The summed E-state index contributed by atoms with van der Waals surface area (Å²) in [6.07, 6.45) is -2.94. The van der Waals surface area contributed by atoms with Crippen molar-refractivity contribution in [2.75, 3.05) is 0 Å². The predicted octanol–water partition coefficient (Wildman–Crippen LogP) is 3.32. The Morgan fingerprint density at radius 3 is 2.20 bits per heavy atom. The van der Waals surface area contributed by atoms with Gasteiger partial charge in [-0.25, -0.2) is 4.79 Å². The van der Waals surface area contributed by atoms with Crippen molar-refractivity contribution in [1.82, 2.24) is 0 Å². The van der Waals surface area contributed by atoms with Gasteiger partial charge < -0.3 is 0 Å². The van der Waals surface area contributed by atoms with Crippen LogP contribution in [-0.2, 0) is 4.79 Å². The van der Waals surface area contributed by atoms with Crippen LogP contribution in [0.2, 0.25) is 0 Å². The molecule has 15 heavy (non-hydrogen) atoms. The molecule has 2 nitrogen and oxygen atoms in total. The number of nitrogens with zero attached hydrogens (tertiary/aromatic N) is 1. The zero-order chi connectivity index (χ0) is 11.5. The molecule has 0 radical (unpaired) electrons. The molecule has 0 spiro atoms. The van der Waals surface area contributed by atoms with Crippen molar-refractivity contribution in [3.63, 3.8) is 0 Å². The molecule has 80 valence electrons. The van der Waals surface area contributed by atoms with E-state index in [1.165, 1.54) is 30.3 Å². The van der Waals surface area contributed by atoms with Crippen LogP contribution < -0.4 is 0 Å². The van der Waals surface area contributed by atoms with Gasteiger partial charge in [-0.2, -0.15) is 18.2 Å². The van der Waals surface area contributed by atoms with Crippen LogP contribution in [0.1, 0.15) is 18.4 Å². The van der Waals surface area contributed by atoms with Crippen LogP contribution >= 0.6 is 0 Å². The number of alkyl halides is 3. The maximum Gasteiger partial charge on any atom is 0.395 e. The lowest BCUT2D eigenvalue weighted by atomic mass is 10.0. The van der Waals surface area contributed by atoms with E-state index in [9.17, 15) is 18.0 Å². The summed E-state index contributed by atoms with van der Waals surface area (Å²) in [5.41, 5.74) is 0.440. The van der Waals surface area contributed by atoms with E-state index in [1.54, 1.807) is 0 Å². The quantitative estimate of drug-likeness (QED) is 0.549. The van der Waals surface area contributed by atoms with Crippen molar-refractivity contribution in [1.29, 1.82) is 0 Å². The van der Waals surface area contributed by atoms with Gasteiger partial charge in [0.05, 0.1) is 11.6 Å². The van der Waals surface area contributed by atoms with Gasteiger partial charge in [-0.15, -0.1) is 0 Å². The minimum absolute atomic E-state index is 0.146. The van der Waals surface area contributed by atoms with Crippen molar-refractivity contribution >= 4 is 11.8 Å². The molecule has 0 aromatic heterocycles. The number of rotatable bonds is 2. The number of hydrogen-bond donors (Lipinski definition) is 0. The molecule has 0 aliphatic rings. The highest BCUT2D eigenvalue weighted by Crippen LogP contribution is 2.34. The molecule has 1 rings (SSSR count). The number of hydrogen-bond acceptors (Lipinski definition) is 2. The largest absolute Gasteiger partial charge is 0.395 e. The van der Waals surface area contributed by atoms with Crippen LogP contribution in [0.3, 0.4) is 0 Å². The first kappa shape index (κ1) is 11.5. The molecule has 0 heterocycles. The first-order chi connectivity index (χ1) is 6.95. The number of benzene rings is 1. The van der Waals surface area contributed by atoms with E-state index < -0.39 is 12.1 Å². The lowest BCUT2D eigenvalue weighted by molar-refractivity contribution is -0.146. The van der Waals surface area contributed by atoms with Gasteiger partial charge >= 0.3 is 6.18 Å². The number of aliphatic imine (C=N–C) groups is 1. The van der Waals surface area contributed by atoms with Crippen LogP contribution in [0.4, 0.5) is 18.9 Å². The van der Waals surface area contributed by atoms with Gasteiger partial charge in [0.25, 0.3) is 0 Å². The third-order valence-corrected chi connectivity index (χ3v) is 2.06. The van der Waals surface area contributed by atoms with Crippen LogP contribution in [0.15, 0.2) is 29.3 Å². The molecule has 0 saturated carbocycles. The van der Waals surface area contributed by atoms with Gasteiger partial charge in [0, 0.05) is 0 Å². The Hall–Kier alpha value is -1.61. The molecule has 1 atom stereocenters. The first-order valence-corrected chi connectivity index (χ1v) is 4.19. The van der Waals surface area contributed by atoms with Crippen LogP contribution in [0.5, 0.6) is 0 Å². The molecule has 0 amide bonds. The fourth-order valence-corrected chi connectivity index (χ4v) is 1.08. The van der Waals surface area contributed by atoms with E-state index in [0.717, 1.165) is 6.92 Å². The Balaban J connectivity index is 2.94. The zero-order valence-corrected chi connectivity index (χ0v) is 7.88. The molecule has 0 bridgehead atoms. The third kappa shape index (κ3) is 2.92. The average Bonchev–Trinajstić information content (AvgIpc) is 2.17. The summed E-state index contributed by atoms with van der Waals surface area (Å²) in [6.45, 7) is 1.08. The smallest absolute Gasteiger partial charge is 0.211 e. The van der Waals surface area contributed by atoms with E-state index in [4.69, 9.17) is 0 Å². The van der Waals surface area contributed by atoms with Gasteiger partial charge in [-0.3, -0.25) is 0 Å². The second kappa shape index (κ2) is 4.28. The van der Waals surface area contributed by atoms with Crippen LogP contribution in [-0.4, -0.2) is 12.3 Å². The second-order valence-electron chi connectivity index (χ2n) is 3.06.